The summed E-state index contributed by atoms with van der Waals surface area (Å²) in [7, 11) is 0. The van der Waals surface area contributed by atoms with E-state index in [9.17, 15) is 19.5 Å². The number of carboxylic acid groups (broad SMARTS) is 1. The summed E-state index contributed by atoms with van der Waals surface area (Å²) in [5, 5.41) is 9.84. The van der Waals surface area contributed by atoms with Crippen molar-refractivity contribution in [3.63, 3.8) is 0 Å². The van der Waals surface area contributed by atoms with Crippen LogP contribution in [0.15, 0.2) is 24.3 Å². The van der Waals surface area contributed by atoms with Crippen LogP contribution in [0.1, 0.15) is 36.0 Å². The zero-order valence-corrected chi connectivity index (χ0v) is 14.6. The van der Waals surface area contributed by atoms with Gasteiger partial charge in [0.2, 0.25) is 5.91 Å². The number of hydrogen-bond acceptors (Lipinski definition) is 3. The van der Waals surface area contributed by atoms with Crippen LogP contribution in [0.25, 0.3) is 0 Å². The Kier molecular flexibility index (Phi) is 5.27. The molecule has 0 bridgehead atoms. The summed E-state index contributed by atoms with van der Waals surface area (Å²) in [5.41, 5.74) is 0.544. The number of rotatable bonds is 3. The first-order valence-corrected chi connectivity index (χ1v) is 8.93. The number of nitrogens with zero attached hydrogens (tertiary/aromatic N) is 2. The third-order valence-corrected chi connectivity index (χ3v) is 5.22. The zero-order chi connectivity index (χ0) is 18.0. The summed E-state index contributed by atoms with van der Waals surface area (Å²) in [6.45, 7) is 1.42. The third-order valence-electron chi connectivity index (χ3n) is 4.97. The lowest BCUT2D eigenvalue weighted by molar-refractivity contribution is -0.150. The van der Waals surface area contributed by atoms with Crippen LogP contribution in [0.3, 0.4) is 0 Å². The average molecular weight is 365 g/mol. The van der Waals surface area contributed by atoms with E-state index >= 15 is 0 Å². The SMILES string of the molecule is O=C(O)C1CCCN1C(=O)C1CCCN(C(=O)c2ccc(Cl)cc2)C1. The maximum Gasteiger partial charge on any atom is 0.326 e. The molecule has 2 aliphatic rings. The van der Waals surface area contributed by atoms with Crippen molar-refractivity contribution in [3.05, 3.63) is 34.9 Å². The van der Waals surface area contributed by atoms with Gasteiger partial charge in [0.05, 0.1) is 5.92 Å². The normalized spacial score (nSPS) is 23.6. The van der Waals surface area contributed by atoms with Gasteiger partial charge in [-0.25, -0.2) is 4.79 Å². The molecule has 2 aliphatic heterocycles. The monoisotopic (exact) mass is 364 g/mol. The van der Waals surface area contributed by atoms with Crippen LogP contribution in [-0.2, 0) is 9.59 Å². The Labute approximate surface area is 151 Å². The Morgan fingerprint density at radius 3 is 2.40 bits per heavy atom. The van der Waals surface area contributed by atoms with Crippen molar-refractivity contribution < 1.29 is 19.5 Å². The molecule has 0 saturated carbocycles. The van der Waals surface area contributed by atoms with Gasteiger partial charge in [-0.2, -0.15) is 0 Å². The molecule has 6 nitrogen and oxygen atoms in total. The van der Waals surface area contributed by atoms with Crippen LogP contribution in [0.2, 0.25) is 5.02 Å². The molecule has 1 aromatic rings. The summed E-state index contributed by atoms with van der Waals surface area (Å²) >= 11 is 5.86. The van der Waals surface area contributed by atoms with E-state index < -0.39 is 12.0 Å². The van der Waals surface area contributed by atoms with Gasteiger partial charge in [0.15, 0.2) is 0 Å². The van der Waals surface area contributed by atoms with Gasteiger partial charge in [0.25, 0.3) is 5.91 Å². The van der Waals surface area contributed by atoms with Gasteiger partial charge in [-0.05, 0) is 49.9 Å². The minimum absolute atomic E-state index is 0.120. The van der Waals surface area contributed by atoms with Crippen molar-refractivity contribution in [3.8, 4) is 0 Å². The molecule has 2 amide bonds. The van der Waals surface area contributed by atoms with Gasteiger partial charge >= 0.3 is 5.97 Å². The van der Waals surface area contributed by atoms with E-state index in [4.69, 9.17) is 11.6 Å². The van der Waals surface area contributed by atoms with Gasteiger partial charge in [0, 0.05) is 30.2 Å². The Morgan fingerprint density at radius 1 is 1.04 bits per heavy atom. The number of aliphatic carboxylic acids is 1. The second-order valence-corrected chi connectivity index (χ2v) is 7.06. The highest BCUT2D eigenvalue weighted by atomic mass is 35.5. The first-order chi connectivity index (χ1) is 12.0. The quantitative estimate of drug-likeness (QED) is 0.892. The minimum Gasteiger partial charge on any atom is -0.480 e. The van der Waals surface area contributed by atoms with Crippen molar-refractivity contribution in [2.45, 2.75) is 31.7 Å². The Bertz CT molecular complexity index is 676. The number of amides is 2. The lowest BCUT2D eigenvalue weighted by atomic mass is 9.95. The van der Waals surface area contributed by atoms with Gasteiger partial charge in [-0.1, -0.05) is 11.6 Å². The fraction of sp³-hybridized carbons (Fsp3) is 0.500. The third kappa shape index (κ3) is 3.79. The van der Waals surface area contributed by atoms with Gasteiger partial charge in [0.1, 0.15) is 6.04 Å². The summed E-state index contributed by atoms with van der Waals surface area (Å²) in [4.78, 5) is 39.9. The van der Waals surface area contributed by atoms with E-state index in [1.807, 2.05) is 0 Å². The smallest absolute Gasteiger partial charge is 0.326 e. The van der Waals surface area contributed by atoms with Crippen molar-refractivity contribution in [1.82, 2.24) is 9.80 Å². The number of benzene rings is 1. The van der Waals surface area contributed by atoms with Crippen LogP contribution in [0, 0.1) is 5.92 Å². The molecule has 25 heavy (non-hydrogen) atoms. The Morgan fingerprint density at radius 2 is 1.72 bits per heavy atom. The molecule has 1 aromatic carbocycles. The highest BCUT2D eigenvalue weighted by Crippen LogP contribution is 2.25. The Balaban J connectivity index is 1.68. The molecular formula is C18H21ClN2O4. The first kappa shape index (κ1) is 17.7. The molecule has 0 spiro atoms. The van der Waals surface area contributed by atoms with Crippen molar-refractivity contribution in [2.24, 2.45) is 5.92 Å². The number of carbonyl (C=O) groups is 3. The van der Waals surface area contributed by atoms with Crippen LogP contribution in [0.4, 0.5) is 0 Å². The molecule has 2 saturated heterocycles. The predicted molar refractivity (Wildman–Crippen MR) is 92.5 cm³/mol. The van der Waals surface area contributed by atoms with Crippen LogP contribution < -0.4 is 0 Å². The second kappa shape index (κ2) is 7.44. The molecule has 2 unspecified atom stereocenters. The van der Waals surface area contributed by atoms with E-state index in [0.29, 0.717) is 49.5 Å². The van der Waals surface area contributed by atoms with Gasteiger partial charge < -0.3 is 14.9 Å². The highest BCUT2D eigenvalue weighted by Gasteiger charge is 2.39. The first-order valence-electron chi connectivity index (χ1n) is 8.55. The van der Waals surface area contributed by atoms with Crippen LogP contribution in [0.5, 0.6) is 0 Å². The van der Waals surface area contributed by atoms with Crippen molar-refractivity contribution in [1.29, 1.82) is 0 Å². The van der Waals surface area contributed by atoms with Crippen LogP contribution >= 0.6 is 11.6 Å². The number of likely N-dealkylation sites (tertiary alicyclic amines) is 2. The number of carbonyl (C=O) groups excluding carboxylic acids is 2. The van der Waals surface area contributed by atoms with E-state index in [2.05, 4.69) is 0 Å². The minimum atomic E-state index is -0.948. The second-order valence-electron chi connectivity index (χ2n) is 6.63. The molecule has 0 aromatic heterocycles. The maximum absolute atomic E-state index is 12.8. The van der Waals surface area contributed by atoms with Crippen molar-refractivity contribution in [2.75, 3.05) is 19.6 Å². The lowest BCUT2D eigenvalue weighted by Crippen LogP contribution is -2.49. The largest absolute Gasteiger partial charge is 0.480 e. The van der Waals surface area contributed by atoms with E-state index in [1.54, 1.807) is 29.2 Å². The Hall–Kier alpha value is -2.08. The van der Waals surface area contributed by atoms with Gasteiger partial charge in [-0.15, -0.1) is 0 Å². The summed E-state index contributed by atoms with van der Waals surface area (Å²) in [6, 6.07) is 5.97. The lowest BCUT2D eigenvalue weighted by Gasteiger charge is -2.35. The zero-order valence-electron chi connectivity index (χ0n) is 13.9. The summed E-state index contributed by atoms with van der Waals surface area (Å²) in [5.74, 6) is -1.54. The van der Waals surface area contributed by atoms with Gasteiger partial charge in [-0.3, -0.25) is 9.59 Å². The molecule has 0 aliphatic carbocycles. The van der Waals surface area contributed by atoms with E-state index in [1.165, 1.54) is 4.90 Å². The molecule has 0 radical (unpaired) electrons. The highest BCUT2D eigenvalue weighted by molar-refractivity contribution is 6.30. The molecule has 2 fully saturated rings. The summed E-state index contributed by atoms with van der Waals surface area (Å²) < 4.78 is 0. The molecule has 1 N–H and O–H groups in total. The van der Waals surface area contributed by atoms with Crippen molar-refractivity contribution >= 4 is 29.4 Å². The van der Waals surface area contributed by atoms with E-state index in [0.717, 1.165) is 6.42 Å². The number of halogens is 1. The molecule has 7 heteroatoms. The fourth-order valence-corrected chi connectivity index (χ4v) is 3.79. The molecule has 3 rings (SSSR count). The summed E-state index contributed by atoms with van der Waals surface area (Å²) in [6.07, 6.45) is 2.64. The van der Waals surface area contributed by atoms with Crippen LogP contribution in [-0.4, -0.2) is 58.4 Å². The molecule has 2 heterocycles. The molecule has 2 atom stereocenters. The molecular weight excluding hydrogens is 344 g/mol. The topological polar surface area (TPSA) is 77.9 Å². The maximum atomic E-state index is 12.8. The molecule has 134 valence electrons. The number of hydrogen-bond donors (Lipinski definition) is 1. The number of carboxylic acids is 1. The number of piperidine rings is 1. The fourth-order valence-electron chi connectivity index (χ4n) is 3.66. The average Bonchev–Trinajstić information content (AvgIpc) is 3.11. The predicted octanol–water partition coefficient (Wildman–Crippen LogP) is 2.27. The van der Waals surface area contributed by atoms with E-state index in [-0.39, 0.29) is 17.7 Å². The standard InChI is InChI=1S/C18H21ClN2O4/c19-14-7-5-12(6-8-14)16(22)20-9-1-3-13(11-20)17(23)21-10-2-4-15(21)18(24)25/h5-8,13,15H,1-4,9-11H2,(H,24,25).